The summed E-state index contributed by atoms with van der Waals surface area (Å²) in [5.74, 6) is 0. The van der Waals surface area contributed by atoms with Crippen LogP contribution in [0.2, 0.25) is 0 Å². The Morgan fingerprint density at radius 1 is 1.14 bits per heavy atom. The van der Waals surface area contributed by atoms with Gasteiger partial charge in [0.15, 0.2) is 5.44 Å². The molecule has 126 valence electrons. The van der Waals surface area contributed by atoms with Gasteiger partial charge in [-0.3, -0.25) is 0 Å². The van der Waals surface area contributed by atoms with Gasteiger partial charge < -0.3 is 0 Å². The average Bonchev–Trinajstić information content (AvgIpc) is 2.56. The number of hydrogen-bond acceptors (Lipinski definition) is 7. The molecule has 1 heterocycles. The highest BCUT2D eigenvalue weighted by Crippen LogP contribution is 2.35. The quantitative estimate of drug-likeness (QED) is 0.154. The first-order valence-electron chi connectivity index (χ1n) is 7.74. The lowest BCUT2D eigenvalue weighted by Gasteiger charge is -2.13. The fraction of sp³-hybridized carbons (Fsp3) is 0.667. The maximum atomic E-state index is 8.22. The second-order valence-corrected chi connectivity index (χ2v) is 7.31. The highest BCUT2D eigenvalue weighted by molar-refractivity contribution is 8.76. The molecule has 1 rings (SSSR count). The smallest absolute Gasteiger partial charge is 0.152 e. The van der Waals surface area contributed by atoms with Gasteiger partial charge in [-0.1, -0.05) is 62.3 Å². The van der Waals surface area contributed by atoms with Crippen molar-refractivity contribution in [2.75, 3.05) is 0 Å². The van der Waals surface area contributed by atoms with Crippen molar-refractivity contribution in [3.05, 3.63) is 24.4 Å². The number of hydrogen-bond donors (Lipinski definition) is 1. The summed E-state index contributed by atoms with van der Waals surface area (Å²) in [6, 6.07) is 5.76. The van der Waals surface area contributed by atoms with Crippen molar-refractivity contribution < 1.29 is 20.2 Å². The first-order chi connectivity index (χ1) is 10.9. The molecule has 0 saturated carbocycles. The third kappa shape index (κ3) is 10.4. The zero-order valence-electron chi connectivity index (χ0n) is 13.0. The molecule has 5 nitrogen and oxygen atoms in total. The van der Waals surface area contributed by atoms with Gasteiger partial charge in [-0.25, -0.2) is 10.2 Å². The van der Waals surface area contributed by atoms with Gasteiger partial charge >= 0.3 is 0 Å². The first kappa shape index (κ1) is 19.7. The summed E-state index contributed by atoms with van der Waals surface area (Å²) in [5.41, 5.74) is -0.213. The highest BCUT2D eigenvalue weighted by atomic mass is 33.1. The lowest BCUT2D eigenvalue weighted by atomic mass is 10.1. The van der Waals surface area contributed by atoms with E-state index in [4.69, 9.17) is 10.1 Å². The molecule has 0 aliphatic carbocycles. The molecule has 0 aliphatic heterocycles. The molecular weight excluding hydrogens is 322 g/mol. The third-order valence-corrected chi connectivity index (χ3v) is 5.58. The Kier molecular flexibility index (Phi) is 12.8. The van der Waals surface area contributed by atoms with E-state index in [9.17, 15) is 0 Å². The van der Waals surface area contributed by atoms with Crippen molar-refractivity contribution in [3.63, 3.8) is 0 Å². The van der Waals surface area contributed by atoms with Crippen LogP contribution in [0.5, 0.6) is 0 Å². The molecule has 1 unspecified atom stereocenters. The maximum Gasteiger partial charge on any atom is 0.152 e. The van der Waals surface area contributed by atoms with Crippen molar-refractivity contribution in [2.45, 2.75) is 68.8 Å². The summed E-state index contributed by atoms with van der Waals surface area (Å²) in [6.07, 6.45) is 11.3. The Morgan fingerprint density at radius 3 is 2.59 bits per heavy atom. The van der Waals surface area contributed by atoms with Gasteiger partial charge in [-0.05, 0) is 45.8 Å². The fourth-order valence-corrected chi connectivity index (χ4v) is 4.01. The van der Waals surface area contributed by atoms with Crippen LogP contribution in [0, 0.1) is 0 Å². The zero-order chi connectivity index (χ0) is 15.9. The summed E-state index contributed by atoms with van der Waals surface area (Å²) < 4.78 is 0. The monoisotopic (exact) mass is 347 g/mol. The fourth-order valence-electron chi connectivity index (χ4n) is 1.94. The van der Waals surface area contributed by atoms with Crippen LogP contribution in [-0.2, 0) is 15.0 Å². The Balaban J connectivity index is 2.16. The van der Waals surface area contributed by atoms with Gasteiger partial charge in [0.05, 0.1) is 0 Å². The lowest BCUT2D eigenvalue weighted by Crippen LogP contribution is -2.08. The van der Waals surface area contributed by atoms with Gasteiger partial charge in [0.2, 0.25) is 0 Å². The molecule has 1 N–H and O–H groups in total. The van der Waals surface area contributed by atoms with E-state index in [1.54, 1.807) is 6.20 Å². The van der Waals surface area contributed by atoms with Gasteiger partial charge in [-0.15, -0.1) is 0 Å². The second kappa shape index (κ2) is 14.3. The molecule has 0 saturated heterocycles. The molecule has 0 spiro atoms. The molecule has 0 bridgehead atoms. The molecule has 0 fully saturated rings. The summed E-state index contributed by atoms with van der Waals surface area (Å²) >= 11 is 0. The molecule has 1 aromatic rings. The maximum absolute atomic E-state index is 8.22. The molecule has 0 amide bonds. The Morgan fingerprint density at radius 2 is 1.91 bits per heavy atom. The average molecular weight is 348 g/mol. The van der Waals surface area contributed by atoms with Crippen molar-refractivity contribution in [1.82, 2.24) is 4.98 Å². The van der Waals surface area contributed by atoms with E-state index in [1.807, 2.05) is 18.2 Å². The van der Waals surface area contributed by atoms with E-state index in [0.717, 1.165) is 17.9 Å². The van der Waals surface area contributed by atoms with E-state index in [2.05, 4.69) is 22.0 Å². The number of rotatable bonds is 14. The molecular formula is C15H25NO4S2. The zero-order valence-corrected chi connectivity index (χ0v) is 14.6. The summed E-state index contributed by atoms with van der Waals surface area (Å²) in [7, 11) is 3.02. The van der Waals surface area contributed by atoms with E-state index >= 15 is 0 Å². The summed E-state index contributed by atoms with van der Waals surface area (Å²) in [6.45, 7) is 2.22. The van der Waals surface area contributed by atoms with Crippen molar-refractivity contribution in [3.8, 4) is 0 Å². The van der Waals surface area contributed by atoms with Gasteiger partial charge in [0, 0.05) is 6.20 Å². The number of unbranched alkanes of at least 4 members (excludes halogenated alkanes) is 6. The minimum Gasteiger partial charge on any atom is -0.249 e. The molecule has 0 aromatic carbocycles. The standard InChI is InChI=1S/C15H25NO4S2/c1-2-3-4-5-6-7-8-12-15(18-20-19-17)22-21-14-11-9-10-13-16-14/h9-11,13,15,17H,2-8,12H2,1H3. The minimum atomic E-state index is -0.213. The van der Waals surface area contributed by atoms with E-state index in [1.165, 1.54) is 60.1 Å². The second-order valence-electron chi connectivity index (χ2n) is 4.93. The van der Waals surface area contributed by atoms with Crippen LogP contribution in [0.1, 0.15) is 58.3 Å². The molecule has 1 atom stereocenters. The van der Waals surface area contributed by atoms with Crippen molar-refractivity contribution in [2.24, 2.45) is 0 Å². The van der Waals surface area contributed by atoms with Crippen molar-refractivity contribution >= 4 is 21.6 Å². The third-order valence-electron chi connectivity index (χ3n) is 3.10. The summed E-state index contributed by atoms with van der Waals surface area (Å²) in [5, 5.41) is 16.9. The largest absolute Gasteiger partial charge is 0.249 e. The predicted octanol–water partition coefficient (Wildman–Crippen LogP) is 5.64. The first-order valence-corrected chi connectivity index (χ1v) is 9.96. The number of nitrogens with zero attached hydrogens (tertiary/aromatic N) is 1. The van der Waals surface area contributed by atoms with Gasteiger partial charge in [0.25, 0.3) is 0 Å². The van der Waals surface area contributed by atoms with Gasteiger partial charge in [0.1, 0.15) is 5.03 Å². The lowest BCUT2D eigenvalue weighted by molar-refractivity contribution is -0.626. The molecule has 7 heteroatoms. The molecule has 0 radical (unpaired) electrons. The minimum absolute atomic E-state index is 0.213. The number of pyridine rings is 1. The Hall–Kier alpha value is -0.310. The topological polar surface area (TPSA) is 60.8 Å². The van der Waals surface area contributed by atoms with Crippen LogP contribution >= 0.6 is 21.6 Å². The SMILES string of the molecule is CCCCCCCCCC(OOOO)SSc1ccccn1. The highest BCUT2D eigenvalue weighted by Gasteiger charge is 2.13. The summed E-state index contributed by atoms with van der Waals surface area (Å²) in [4.78, 5) is 9.23. The number of aromatic nitrogens is 1. The normalized spacial score (nSPS) is 12.5. The van der Waals surface area contributed by atoms with Crippen LogP contribution in [-0.4, -0.2) is 15.7 Å². The predicted molar refractivity (Wildman–Crippen MR) is 90.0 cm³/mol. The van der Waals surface area contributed by atoms with Crippen LogP contribution < -0.4 is 0 Å². The Labute approximate surface area is 140 Å². The molecule has 1 aromatic heterocycles. The van der Waals surface area contributed by atoms with Crippen LogP contribution in [0.4, 0.5) is 0 Å². The molecule has 0 aliphatic rings. The van der Waals surface area contributed by atoms with Crippen LogP contribution in [0.25, 0.3) is 0 Å². The van der Waals surface area contributed by atoms with Crippen molar-refractivity contribution in [1.29, 1.82) is 0 Å². The Bertz CT molecular complexity index is 357. The van der Waals surface area contributed by atoms with Crippen LogP contribution in [0.15, 0.2) is 29.4 Å². The van der Waals surface area contributed by atoms with Crippen LogP contribution in [0.3, 0.4) is 0 Å². The van der Waals surface area contributed by atoms with Gasteiger partial charge in [-0.2, -0.15) is 4.89 Å². The van der Waals surface area contributed by atoms with E-state index in [0.29, 0.717) is 0 Å². The molecule has 22 heavy (non-hydrogen) atoms. The van der Waals surface area contributed by atoms with E-state index < -0.39 is 0 Å². The van der Waals surface area contributed by atoms with E-state index in [-0.39, 0.29) is 5.44 Å².